The largest absolute Gasteiger partial charge is 0.432 e. The smallest absolute Gasteiger partial charge is 0.315 e. The van der Waals surface area contributed by atoms with Gasteiger partial charge in [-0.25, -0.2) is 0 Å². The quantitative estimate of drug-likeness (QED) is 0.0457. The summed E-state index contributed by atoms with van der Waals surface area (Å²) >= 11 is 0. The number of ether oxygens (including phenoxy) is 12. The maximum atomic E-state index is 15.2. The summed E-state index contributed by atoms with van der Waals surface area (Å²) in [5, 5.41) is 172. The fourth-order valence-corrected chi connectivity index (χ4v) is 18.5. The van der Waals surface area contributed by atoms with E-state index in [1.807, 2.05) is 0 Å². The molecule has 0 aromatic carbocycles. The highest BCUT2D eigenvalue weighted by Crippen LogP contribution is 2.76. The molecule has 0 aromatic heterocycles. The number of carbonyl (C=O) groups is 1. The second-order valence-electron chi connectivity index (χ2n) is 30.5. The molecule has 5 aliphatic carbocycles. The molecule has 0 spiro atoms. The molecule has 0 bridgehead atoms. The summed E-state index contributed by atoms with van der Waals surface area (Å²) in [6, 6.07) is 0. The Bertz CT molecular complexity index is 2580. The molecule has 0 amide bonds. The molecule has 6 aliphatic heterocycles. The Morgan fingerprint density at radius 2 is 0.967 bits per heavy atom. The van der Waals surface area contributed by atoms with Gasteiger partial charge in [-0.3, -0.25) is 4.79 Å². The highest BCUT2D eigenvalue weighted by molar-refractivity contribution is 5.79. The number of hydrogen-bond acceptors (Lipinski definition) is 29. The van der Waals surface area contributed by atoms with Crippen molar-refractivity contribution < 1.29 is 143 Å². The summed E-state index contributed by atoms with van der Waals surface area (Å²) in [5.74, 6) is -0.325. The highest BCUT2D eigenvalue weighted by atomic mass is 16.8. The van der Waals surface area contributed by atoms with Gasteiger partial charge in [-0.15, -0.1) is 0 Å². The molecule has 6 saturated heterocycles. The van der Waals surface area contributed by atoms with E-state index < -0.39 is 209 Å². The van der Waals surface area contributed by atoms with Crippen molar-refractivity contribution in [3.8, 4) is 0 Å². The molecular weight excluding hydrogens is 1220 g/mol. The number of aliphatic hydroxyl groups is 16. The normalized spacial score (nSPS) is 54.3. The van der Waals surface area contributed by atoms with E-state index >= 15 is 4.79 Å². The Balaban J connectivity index is 0.715. The molecule has 0 radical (unpaired) electrons. The van der Waals surface area contributed by atoms with Crippen LogP contribution in [0.15, 0.2) is 11.6 Å². The second-order valence-corrected chi connectivity index (χ2v) is 30.5. The summed E-state index contributed by atoms with van der Waals surface area (Å²) in [6.07, 6.45) is -33.5. The maximum absolute atomic E-state index is 15.2. The van der Waals surface area contributed by atoms with Crippen molar-refractivity contribution in [3.05, 3.63) is 11.6 Å². The lowest BCUT2D eigenvalue weighted by Gasteiger charge is -2.71. The molecule has 11 aliphatic rings. The molecule has 528 valence electrons. The number of esters is 1. The molecule has 4 saturated carbocycles. The molecular formula is C63H102O29. The van der Waals surface area contributed by atoms with Crippen LogP contribution in [0.1, 0.15) is 120 Å². The summed E-state index contributed by atoms with van der Waals surface area (Å²) < 4.78 is 70.4. The number of fused-ring (bicyclic) bond motifs is 7. The van der Waals surface area contributed by atoms with Gasteiger partial charge in [0.2, 0.25) is 6.29 Å². The van der Waals surface area contributed by atoms with Gasteiger partial charge in [0.25, 0.3) is 0 Å². The maximum Gasteiger partial charge on any atom is 0.315 e. The van der Waals surface area contributed by atoms with E-state index in [2.05, 4.69) is 54.5 Å². The lowest BCUT2D eigenvalue weighted by atomic mass is 9.33. The van der Waals surface area contributed by atoms with Crippen molar-refractivity contribution in [1.29, 1.82) is 0 Å². The lowest BCUT2D eigenvalue weighted by Crippen LogP contribution is -2.66. The number of hydrogen-bond donors (Lipinski definition) is 16. The Morgan fingerprint density at radius 1 is 0.489 bits per heavy atom. The molecule has 92 heavy (non-hydrogen) atoms. The molecule has 29 nitrogen and oxygen atoms in total. The monoisotopic (exact) mass is 1320 g/mol. The van der Waals surface area contributed by atoms with Crippen LogP contribution in [0.3, 0.4) is 0 Å². The van der Waals surface area contributed by atoms with Crippen LogP contribution in [0.4, 0.5) is 0 Å². The summed E-state index contributed by atoms with van der Waals surface area (Å²) in [7, 11) is 0. The minimum absolute atomic E-state index is 0.130. The number of rotatable bonds is 14. The van der Waals surface area contributed by atoms with E-state index in [0.29, 0.717) is 32.1 Å². The number of carbonyl (C=O) groups excluding carboxylic acids is 1. The molecule has 29 heteroatoms. The van der Waals surface area contributed by atoms with Crippen LogP contribution in [-0.2, 0) is 61.6 Å². The Labute approximate surface area is 534 Å². The van der Waals surface area contributed by atoms with Crippen molar-refractivity contribution in [2.24, 2.45) is 50.2 Å². The zero-order chi connectivity index (χ0) is 66.9. The first-order valence-corrected chi connectivity index (χ1v) is 32.9. The van der Waals surface area contributed by atoms with Crippen LogP contribution < -0.4 is 0 Å². The van der Waals surface area contributed by atoms with Gasteiger partial charge >= 0.3 is 5.97 Å². The number of aliphatic hydroxyl groups excluding tert-OH is 16. The van der Waals surface area contributed by atoms with E-state index in [-0.39, 0.29) is 52.1 Å². The summed E-state index contributed by atoms with van der Waals surface area (Å²) in [6.45, 7) is 14.9. The van der Waals surface area contributed by atoms with Crippen LogP contribution >= 0.6 is 0 Å². The third kappa shape index (κ3) is 12.2. The van der Waals surface area contributed by atoms with Crippen molar-refractivity contribution in [2.75, 3.05) is 33.0 Å². The van der Waals surface area contributed by atoms with Crippen LogP contribution in [0, 0.1) is 50.2 Å². The van der Waals surface area contributed by atoms with E-state index in [1.165, 1.54) is 12.5 Å². The van der Waals surface area contributed by atoms with E-state index in [9.17, 15) is 81.7 Å². The van der Waals surface area contributed by atoms with Crippen molar-refractivity contribution >= 4 is 5.97 Å². The SMILES string of the molecule is C[C@@H]1O[C@@H](O[C@H]2CO[C@H](OC(=O)[C@]34CCC(C)(C)C[C@H]3C3=CC[C@@H]5[C@]6(C)CC[C@H](O[C@H]7OC[C@H](O[C@H]8O[C@@H](CO)[C@@H](O)[C@@H](O)[C@H]8O)[C@@H](O)[C@@H]7O)C(C)(C)[C@H]6CC[C@]5(C)[C@@]3(C)CC4)[C@H](O)[C@H]2O)[C@H](O)[C@@H](O[C@@H]2OC[C@H](O[C@H]3O[C@@H](CO)[C@H](O)[C@@H](O)[C@@H]3O)[C@@H](O)[C@H]2O)[C@H]1O. The second kappa shape index (κ2) is 26.7. The van der Waals surface area contributed by atoms with Gasteiger partial charge in [0.15, 0.2) is 31.5 Å². The highest BCUT2D eigenvalue weighted by Gasteiger charge is 2.70. The molecule has 6 heterocycles. The van der Waals surface area contributed by atoms with Crippen LogP contribution in [0.5, 0.6) is 0 Å². The van der Waals surface area contributed by atoms with Gasteiger partial charge in [-0.1, -0.05) is 60.1 Å². The topological polar surface area (TPSA) is 452 Å². The van der Waals surface area contributed by atoms with E-state index in [1.54, 1.807) is 0 Å². The number of allylic oxidation sites excluding steroid dienone is 2. The predicted octanol–water partition coefficient (Wildman–Crippen LogP) is -3.44. The average Bonchev–Trinajstić information content (AvgIpc) is 0.677. The Hall–Kier alpha value is -1.87. The van der Waals surface area contributed by atoms with Gasteiger partial charge in [-0.2, -0.15) is 0 Å². The summed E-state index contributed by atoms with van der Waals surface area (Å²) in [4.78, 5) is 15.2. The minimum atomic E-state index is -1.90. The van der Waals surface area contributed by atoms with Crippen molar-refractivity contribution in [2.45, 2.75) is 292 Å². The fourth-order valence-electron chi connectivity index (χ4n) is 18.5. The third-order valence-electron chi connectivity index (χ3n) is 24.5. The molecule has 35 atom stereocenters. The lowest BCUT2D eigenvalue weighted by molar-refractivity contribution is -0.372. The van der Waals surface area contributed by atoms with Crippen LogP contribution in [-0.4, -0.2) is 293 Å². The molecule has 0 unspecified atom stereocenters. The first kappa shape index (κ1) is 71.4. The van der Waals surface area contributed by atoms with E-state index in [0.717, 1.165) is 32.1 Å². The van der Waals surface area contributed by atoms with E-state index in [4.69, 9.17) is 56.8 Å². The average molecular weight is 1320 g/mol. The zero-order valence-electron chi connectivity index (χ0n) is 53.5. The first-order valence-electron chi connectivity index (χ1n) is 32.9. The van der Waals surface area contributed by atoms with Gasteiger partial charge in [0.05, 0.1) is 50.7 Å². The van der Waals surface area contributed by atoms with Gasteiger partial charge in [-0.05, 0) is 116 Å². The zero-order valence-corrected chi connectivity index (χ0v) is 53.5. The molecule has 11 rings (SSSR count). The molecule has 0 aromatic rings. The Morgan fingerprint density at radius 3 is 1.50 bits per heavy atom. The third-order valence-corrected chi connectivity index (χ3v) is 24.5. The molecule has 10 fully saturated rings. The minimum Gasteiger partial charge on any atom is -0.432 e. The fraction of sp³-hybridized carbons (Fsp3) is 0.952. The first-order chi connectivity index (χ1) is 43.2. The summed E-state index contributed by atoms with van der Waals surface area (Å²) in [5.41, 5.74) is -0.956. The Kier molecular flexibility index (Phi) is 20.7. The van der Waals surface area contributed by atoms with Gasteiger partial charge in [0.1, 0.15) is 122 Å². The predicted molar refractivity (Wildman–Crippen MR) is 309 cm³/mol. The standard InChI is InChI=1S/C63H102O29/c1-25-36(66)50(91-52-45(75)40(70)31(23-82-52)88-55-48(78)43(73)38(68)29(21-65)86-55)49(79)56(84-25)89-32-24-83-53(46(76)41(32)71)92-57(80)63-17-15-58(2,3)19-27(63)26-9-10-34-60(6)13-12-35(59(4,5)33(60)11-14-62(34,8)61(26,7)16-18-63)90-51-44(74)39(69)30(22-81-51)87-54-47(77)42(72)37(67)28(20-64)85-54/h9,25,27-56,64-79H,10-24H2,1-8H3/t25-,27-,28-,29-,30-,31-,32-,33+,34+,35-,36-,37+,38-,39+,40+,41-,42+,43+,44-,45+,46+,47+,48-,49+,50-,51+,52-,53+,54+,55+,56-,60+,61-,62-,63-/m0/s1. The van der Waals surface area contributed by atoms with Gasteiger partial charge in [0, 0.05) is 0 Å². The van der Waals surface area contributed by atoms with Gasteiger partial charge < -0.3 is 139 Å². The van der Waals surface area contributed by atoms with Crippen molar-refractivity contribution in [1.82, 2.24) is 0 Å². The van der Waals surface area contributed by atoms with Crippen LogP contribution in [0.25, 0.3) is 0 Å². The van der Waals surface area contributed by atoms with Crippen LogP contribution in [0.2, 0.25) is 0 Å². The molecule has 16 N–H and O–H groups in total. The van der Waals surface area contributed by atoms with Crippen molar-refractivity contribution in [3.63, 3.8) is 0 Å².